The highest BCUT2D eigenvalue weighted by Crippen LogP contribution is 2.31. The number of carbonyl (C=O) groups is 1. The van der Waals surface area contributed by atoms with Gasteiger partial charge in [-0.1, -0.05) is 0 Å². The zero-order chi connectivity index (χ0) is 17.3. The van der Waals surface area contributed by atoms with Gasteiger partial charge >= 0.3 is 0 Å². The first-order chi connectivity index (χ1) is 11.5. The van der Waals surface area contributed by atoms with Gasteiger partial charge in [-0.05, 0) is 18.2 Å². The standard InChI is InChI=1S/C17H24N6O/c1-20-7-8-21(2)16(20)18-14-6-5-13(12-24)11-15(14)19-17-22(3)9-10-23(17)4/h5-6,11-12H,7-10H2,1-4H3. The number of likely N-dealkylation sites (N-methyl/N-ethyl adjacent to an activating group) is 4. The Hall–Kier alpha value is -2.57. The summed E-state index contributed by atoms with van der Waals surface area (Å²) in [7, 11) is 8.12. The fraction of sp³-hybridized carbons (Fsp3) is 0.471. The predicted molar refractivity (Wildman–Crippen MR) is 96.5 cm³/mol. The van der Waals surface area contributed by atoms with Gasteiger partial charge in [0.25, 0.3) is 0 Å². The first-order valence-electron chi connectivity index (χ1n) is 8.11. The van der Waals surface area contributed by atoms with E-state index in [-0.39, 0.29) is 0 Å². The van der Waals surface area contributed by atoms with Crippen molar-refractivity contribution >= 4 is 29.6 Å². The Morgan fingerprint density at radius 1 is 0.792 bits per heavy atom. The van der Waals surface area contributed by atoms with Crippen LogP contribution in [0.15, 0.2) is 28.2 Å². The van der Waals surface area contributed by atoms with Crippen LogP contribution in [-0.4, -0.2) is 92.2 Å². The molecule has 1 aromatic carbocycles. The summed E-state index contributed by atoms with van der Waals surface area (Å²) >= 11 is 0. The molecule has 7 nitrogen and oxygen atoms in total. The number of benzene rings is 1. The Labute approximate surface area is 142 Å². The van der Waals surface area contributed by atoms with Crippen molar-refractivity contribution < 1.29 is 4.79 Å². The van der Waals surface area contributed by atoms with Crippen LogP contribution in [-0.2, 0) is 0 Å². The lowest BCUT2D eigenvalue weighted by Crippen LogP contribution is -2.28. The Bertz CT molecular complexity index is 674. The van der Waals surface area contributed by atoms with Crippen molar-refractivity contribution in [2.75, 3.05) is 54.4 Å². The Morgan fingerprint density at radius 3 is 1.71 bits per heavy atom. The number of rotatable bonds is 3. The number of guanidine groups is 2. The lowest BCUT2D eigenvalue weighted by Gasteiger charge is -2.18. The minimum atomic E-state index is 0.606. The smallest absolute Gasteiger partial charge is 0.201 e. The van der Waals surface area contributed by atoms with E-state index >= 15 is 0 Å². The zero-order valence-electron chi connectivity index (χ0n) is 14.7. The highest BCUT2D eigenvalue weighted by molar-refractivity contribution is 5.90. The molecule has 0 spiro atoms. The summed E-state index contributed by atoms with van der Waals surface area (Å²) in [5.41, 5.74) is 2.10. The molecule has 2 heterocycles. The van der Waals surface area contributed by atoms with Crippen LogP contribution in [0.3, 0.4) is 0 Å². The molecule has 0 unspecified atom stereocenters. The zero-order valence-corrected chi connectivity index (χ0v) is 14.7. The van der Waals surface area contributed by atoms with Crippen LogP contribution in [0, 0.1) is 0 Å². The lowest BCUT2D eigenvalue weighted by molar-refractivity contribution is 0.112. The maximum absolute atomic E-state index is 11.2. The van der Waals surface area contributed by atoms with Gasteiger partial charge in [-0.2, -0.15) is 0 Å². The van der Waals surface area contributed by atoms with Gasteiger partial charge in [-0.3, -0.25) is 4.79 Å². The van der Waals surface area contributed by atoms with Crippen LogP contribution in [0.5, 0.6) is 0 Å². The van der Waals surface area contributed by atoms with Crippen molar-refractivity contribution in [1.29, 1.82) is 0 Å². The molecule has 0 atom stereocenters. The van der Waals surface area contributed by atoms with Crippen molar-refractivity contribution in [3.05, 3.63) is 23.8 Å². The number of hydrogen-bond acceptors (Lipinski definition) is 3. The Morgan fingerprint density at radius 2 is 1.25 bits per heavy atom. The average Bonchev–Trinajstić information content (AvgIpc) is 3.06. The second-order valence-electron chi connectivity index (χ2n) is 6.38. The van der Waals surface area contributed by atoms with E-state index in [1.165, 1.54) is 0 Å². The highest BCUT2D eigenvalue weighted by atomic mass is 16.1. The molecule has 0 radical (unpaired) electrons. The van der Waals surface area contributed by atoms with Crippen molar-refractivity contribution in [2.45, 2.75) is 0 Å². The molecule has 0 N–H and O–H groups in total. The molecule has 24 heavy (non-hydrogen) atoms. The van der Waals surface area contributed by atoms with Crippen molar-refractivity contribution in [1.82, 2.24) is 19.6 Å². The molecule has 0 aromatic heterocycles. The van der Waals surface area contributed by atoms with Gasteiger partial charge in [-0.25, -0.2) is 9.98 Å². The molecule has 0 aliphatic carbocycles. The third kappa shape index (κ3) is 3.06. The minimum Gasteiger partial charge on any atom is -0.344 e. The number of nitrogens with zero attached hydrogens (tertiary/aromatic N) is 6. The van der Waals surface area contributed by atoms with Gasteiger partial charge in [0.15, 0.2) is 0 Å². The summed E-state index contributed by atoms with van der Waals surface area (Å²) in [6, 6.07) is 5.45. The summed E-state index contributed by atoms with van der Waals surface area (Å²) in [6.45, 7) is 3.80. The molecular weight excluding hydrogens is 304 g/mol. The van der Waals surface area contributed by atoms with Gasteiger partial charge in [0.05, 0.1) is 11.4 Å². The molecule has 2 aliphatic heterocycles. The quantitative estimate of drug-likeness (QED) is 0.781. The lowest BCUT2D eigenvalue weighted by atomic mass is 10.2. The van der Waals surface area contributed by atoms with E-state index in [1.54, 1.807) is 12.1 Å². The summed E-state index contributed by atoms with van der Waals surface area (Å²) < 4.78 is 0. The van der Waals surface area contributed by atoms with E-state index in [2.05, 4.69) is 19.6 Å². The van der Waals surface area contributed by atoms with Gasteiger partial charge in [0.1, 0.15) is 6.29 Å². The molecule has 1 aromatic rings. The summed E-state index contributed by atoms with van der Waals surface area (Å²) in [5.74, 6) is 1.82. The SMILES string of the molecule is CN1CCN(C)C1=Nc1ccc(C=O)cc1N=C1N(C)CCN1C. The maximum Gasteiger partial charge on any atom is 0.201 e. The van der Waals surface area contributed by atoms with E-state index in [0.717, 1.165) is 55.8 Å². The first-order valence-corrected chi connectivity index (χ1v) is 8.11. The summed E-state index contributed by atoms with van der Waals surface area (Å²) in [4.78, 5) is 29.2. The largest absolute Gasteiger partial charge is 0.344 e. The van der Waals surface area contributed by atoms with Crippen LogP contribution in [0.1, 0.15) is 10.4 Å². The van der Waals surface area contributed by atoms with E-state index in [9.17, 15) is 4.79 Å². The number of carbonyl (C=O) groups excluding carboxylic acids is 1. The van der Waals surface area contributed by atoms with Crippen LogP contribution in [0.2, 0.25) is 0 Å². The van der Waals surface area contributed by atoms with Gasteiger partial charge < -0.3 is 19.6 Å². The molecule has 0 bridgehead atoms. The first kappa shape index (κ1) is 16.3. The van der Waals surface area contributed by atoms with Gasteiger partial charge in [0.2, 0.25) is 11.9 Å². The molecule has 3 rings (SSSR count). The summed E-state index contributed by atoms with van der Waals surface area (Å²) in [6.07, 6.45) is 0.844. The molecule has 128 valence electrons. The van der Waals surface area contributed by atoms with E-state index in [0.29, 0.717) is 5.56 Å². The number of hydrogen-bond donors (Lipinski definition) is 0. The maximum atomic E-state index is 11.2. The molecule has 2 fully saturated rings. The average molecular weight is 328 g/mol. The molecule has 2 aliphatic rings. The second kappa shape index (κ2) is 6.51. The molecule has 2 saturated heterocycles. The fourth-order valence-electron chi connectivity index (χ4n) is 2.94. The number of aliphatic imine (C=N–C) groups is 2. The topological polar surface area (TPSA) is 54.8 Å². The Balaban J connectivity index is 2.05. The highest BCUT2D eigenvalue weighted by Gasteiger charge is 2.22. The predicted octanol–water partition coefficient (Wildman–Crippen LogP) is 1.23. The van der Waals surface area contributed by atoms with E-state index < -0.39 is 0 Å². The van der Waals surface area contributed by atoms with Crippen molar-refractivity contribution in [2.24, 2.45) is 9.98 Å². The molecule has 0 amide bonds. The van der Waals surface area contributed by atoms with Crippen molar-refractivity contribution in [3.8, 4) is 0 Å². The molecule has 0 saturated carbocycles. The van der Waals surface area contributed by atoms with E-state index in [4.69, 9.17) is 9.98 Å². The van der Waals surface area contributed by atoms with Crippen LogP contribution in [0.25, 0.3) is 0 Å². The second-order valence-corrected chi connectivity index (χ2v) is 6.38. The molecular formula is C17H24N6O. The molecule has 7 heteroatoms. The monoisotopic (exact) mass is 328 g/mol. The van der Waals surface area contributed by atoms with Crippen LogP contribution in [0.4, 0.5) is 11.4 Å². The third-order valence-corrected chi connectivity index (χ3v) is 4.48. The van der Waals surface area contributed by atoms with Crippen molar-refractivity contribution in [3.63, 3.8) is 0 Å². The minimum absolute atomic E-state index is 0.606. The fourth-order valence-corrected chi connectivity index (χ4v) is 2.94. The van der Waals surface area contributed by atoms with Crippen LogP contribution >= 0.6 is 0 Å². The summed E-state index contributed by atoms with van der Waals surface area (Å²) in [5, 5.41) is 0. The third-order valence-electron chi connectivity index (χ3n) is 4.48. The van der Waals surface area contributed by atoms with E-state index in [1.807, 2.05) is 34.3 Å². The van der Waals surface area contributed by atoms with Gasteiger partial charge in [-0.15, -0.1) is 0 Å². The van der Waals surface area contributed by atoms with Gasteiger partial charge in [0, 0.05) is 59.9 Å². The normalized spacial score (nSPS) is 17.8. The Kier molecular flexibility index (Phi) is 4.42. The number of aldehydes is 1. The van der Waals surface area contributed by atoms with Crippen LogP contribution < -0.4 is 0 Å².